The summed E-state index contributed by atoms with van der Waals surface area (Å²) in [4.78, 5) is 31.5. The lowest BCUT2D eigenvalue weighted by Crippen LogP contribution is -2.26. The minimum absolute atomic E-state index is 0.0717. The highest BCUT2D eigenvalue weighted by Crippen LogP contribution is 2.30. The fraction of sp³-hybridized carbons (Fsp3) is 0.261. The second kappa shape index (κ2) is 9.54. The van der Waals surface area contributed by atoms with Gasteiger partial charge in [0.05, 0.1) is 12.3 Å². The van der Waals surface area contributed by atoms with Crippen molar-refractivity contribution < 1.29 is 14.3 Å². The maximum absolute atomic E-state index is 13.0. The van der Waals surface area contributed by atoms with Crippen LogP contribution in [0.25, 0.3) is 10.6 Å². The molecule has 1 aromatic heterocycles. The first-order chi connectivity index (χ1) is 14.4. The van der Waals surface area contributed by atoms with Gasteiger partial charge in [0.15, 0.2) is 0 Å². The van der Waals surface area contributed by atoms with E-state index in [0.717, 1.165) is 27.6 Å². The van der Waals surface area contributed by atoms with E-state index in [1.807, 2.05) is 50.2 Å². The molecule has 0 bridgehead atoms. The summed E-state index contributed by atoms with van der Waals surface area (Å²) in [7, 11) is 3.37. The number of hydrogen-bond acceptors (Lipinski definition) is 5. The van der Waals surface area contributed by atoms with Crippen molar-refractivity contribution in [2.45, 2.75) is 20.4 Å². The van der Waals surface area contributed by atoms with Crippen LogP contribution in [0.5, 0.6) is 5.75 Å². The van der Waals surface area contributed by atoms with E-state index < -0.39 is 0 Å². The third-order valence-corrected chi connectivity index (χ3v) is 5.81. The smallest absolute Gasteiger partial charge is 0.265 e. The summed E-state index contributed by atoms with van der Waals surface area (Å²) >= 11 is 1.39. The fourth-order valence-electron chi connectivity index (χ4n) is 3.00. The van der Waals surface area contributed by atoms with Gasteiger partial charge in [-0.2, -0.15) is 0 Å². The Kier molecular flexibility index (Phi) is 6.84. The molecule has 0 unspecified atom stereocenters. The maximum atomic E-state index is 13.0. The number of rotatable bonds is 7. The Bertz CT molecular complexity index is 1030. The van der Waals surface area contributed by atoms with E-state index in [9.17, 15) is 9.59 Å². The highest BCUT2D eigenvalue weighted by atomic mass is 32.1. The molecule has 2 aromatic carbocycles. The van der Waals surface area contributed by atoms with Crippen LogP contribution < -0.4 is 10.1 Å². The molecule has 0 aliphatic carbocycles. The Morgan fingerprint density at radius 1 is 1.10 bits per heavy atom. The van der Waals surface area contributed by atoms with Crippen molar-refractivity contribution >= 4 is 23.2 Å². The summed E-state index contributed by atoms with van der Waals surface area (Å²) in [6, 6.07) is 15.0. The number of hydrogen-bond donors (Lipinski definition) is 1. The number of ether oxygens (including phenoxy) is 1. The van der Waals surface area contributed by atoms with Crippen LogP contribution in [0, 0.1) is 6.92 Å². The molecular formula is C23H25N3O3S. The van der Waals surface area contributed by atoms with E-state index in [1.54, 1.807) is 31.1 Å². The van der Waals surface area contributed by atoms with Gasteiger partial charge < -0.3 is 15.0 Å². The molecule has 3 rings (SSSR count). The SMILES string of the molecule is CCOc1ccc(-c2nc(C)c(C(=O)N(C)Cc3ccc(C(=O)NC)cc3)s2)cc1. The van der Waals surface area contributed by atoms with Crippen LogP contribution in [0.3, 0.4) is 0 Å². The summed E-state index contributed by atoms with van der Waals surface area (Å²) in [5.41, 5.74) is 3.22. The Labute approximate surface area is 180 Å². The molecule has 0 aliphatic heterocycles. The van der Waals surface area contributed by atoms with Crippen LogP contribution in [-0.4, -0.2) is 42.4 Å². The number of carbonyl (C=O) groups is 2. The number of aromatic nitrogens is 1. The molecule has 3 aromatic rings. The minimum Gasteiger partial charge on any atom is -0.494 e. The molecule has 0 atom stereocenters. The van der Waals surface area contributed by atoms with Crippen molar-refractivity contribution in [3.8, 4) is 16.3 Å². The topological polar surface area (TPSA) is 71.5 Å². The average molecular weight is 424 g/mol. The predicted molar refractivity (Wildman–Crippen MR) is 119 cm³/mol. The molecular weight excluding hydrogens is 398 g/mol. The first kappa shape index (κ1) is 21.5. The predicted octanol–water partition coefficient (Wildman–Crippen LogP) is 4.15. The average Bonchev–Trinajstić information content (AvgIpc) is 3.15. The summed E-state index contributed by atoms with van der Waals surface area (Å²) in [6.07, 6.45) is 0. The van der Waals surface area contributed by atoms with Crippen molar-refractivity contribution in [3.05, 3.63) is 70.2 Å². The van der Waals surface area contributed by atoms with Gasteiger partial charge in [-0.1, -0.05) is 12.1 Å². The van der Waals surface area contributed by atoms with Crippen LogP contribution in [-0.2, 0) is 6.54 Å². The van der Waals surface area contributed by atoms with Crippen LogP contribution in [0.15, 0.2) is 48.5 Å². The summed E-state index contributed by atoms with van der Waals surface area (Å²) in [5, 5.41) is 3.40. The summed E-state index contributed by atoms with van der Waals surface area (Å²) < 4.78 is 5.48. The Hall–Kier alpha value is -3.19. The molecule has 156 valence electrons. The Balaban J connectivity index is 1.72. The lowest BCUT2D eigenvalue weighted by atomic mass is 10.1. The molecule has 0 aliphatic rings. The van der Waals surface area contributed by atoms with E-state index in [0.29, 0.717) is 23.6 Å². The number of carbonyl (C=O) groups excluding carboxylic acids is 2. The molecule has 0 saturated carbocycles. The zero-order chi connectivity index (χ0) is 21.7. The van der Waals surface area contributed by atoms with Gasteiger partial charge >= 0.3 is 0 Å². The third-order valence-electron chi connectivity index (χ3n) is 4.61. The van der Waals surface area contributed by atoms with Crippen molar-refractivity contribution in [2.24, 2.45) is 0 Å². The van der Waals surface area contributed by atoms with Gasteiger partial charge in [-0.25, -0.2) is 4.98 Å². The Morgan fingerprint density at radius 2 is 1.77 bits per heavy atom. The lowest BCUT2D eigenvalue weighted by molar-refractivity contribution is 0.0788. The maximum Gasteiger partial charge on any atom is 0.265 e. The number of thiazole rings is 1. The highest BCUT2D eigenvalue weighted by Gasteiger charge is 2.20. The molecule has 0 spiro atoms. The summed E-state index contributed by atoms with van der Waals surface area (Å²) in [6.45, 7) is 4.87. The standard InChI is InChI=1S/C23H25N3O3S/c1-5-29-19-12-10-18(11-13-19)22-25-15(2)20(30-22)23(28)26(4)14-16-6-8-17(9-7-16)21(27)24-3/h6-13H,5,14H2,1-4H3,(H,24,27). The first-order valence-electron chi connectivity index (χ1n) is 9.70. The van der Waals surface area contributed by atoms with Gasteiger partial charge in [-0.3, -0.25) is 9.59 Å². The van der Waals surface area contributed by atoms with Gasteiger partial charge in [-0.05, 0) is 55.8 Å². The number of nitrogens with one attached hydrogen (secondary N) is 1. The van der Waals surface area contributed by atoms with Crippen LogP contribution in [0.2, 0.25) is 0 Å². The normalized spacial score (nSPS) is 10.5. The third kappa shape index (κ3) is 4.86. The molecule has 0 saturated heterocycles. The van der Waals surface area contributed by atoms with Crippen molar-refractivity contribution in [3.63, 3.8) is 0 Å². The highest BCUT2D eigenvalue weighted by molar-refractivity contribution is 7.17. The monoisotopic (exact) mass is 423 g/mol. The van der Waals surface area contributed by atoms with Crippen molar-refractivity contribution in [1.82, 2.24) is 15.2 Å². The van der Waals surface area contributed by atoms with E-state index in [1.165, 1.54) is 11.3 Å². The second-order valence-corrected chi connectivity index (χ2v) is 7.83. The molecule has 6 nitrogen and oxygen atoms in total. The number of benzene rings is 2. The molecule has 1 N–H and O–H groups in total. The van der Waals surface area contributed by atoms with Crippen LogP contribution in [0.4, 0.5) is 0 Å². The van der Waals surface area contributed by atoms with Crippen molar-refractivity contribution in [2.75, 3.05) is 20.7 Å². The van der Waals surface area contributed by atoms with Gasteiger partial charge in [-0.15, -0.1) is 11.3 Å². The molecule has 0 radical (unpaired) electrons. The summed E-state index contributed by atoms with van der Waals surface area (Å²) in [5.74, 6) is 0.610. The first-order valence-corrected chi connectivity index (χ1v) is 10.5. The number of amides is 2. The molecule has 1 heterocycles. The molecule has 30 heavy (non-hydrogen) atoms. The quantitative estimate of drug-likeness (QED) is 0.620. The van der Waals surface area contributed by atoms with Crippen molar-refractivity contribution in [1.29, 1.82) is 0 Å². The zero-order valence-corrected chi connectivity index (χ0v) is 18.4. The Morgan fingerprint density at radius 3 is 2.37 bits per heavy atom. The fourth-order valence-corrected chi connectivity index (χ4v) is 4.07. The van der Waals surface area contributed by atoms with E-state index in [4.69, 9.17) is 4.74 Å². The molecule has 0 fully saturated rings. The largest absolute Gasteiger partial charge is 0.494 e. The van der Waals surface area contributed by atoms with E-state index in [2.05, 4.69) is 10.3 Å². The molecule has 7 heteroatoms. The second-order valence-electron chi connectivity index (χ2n) is 6.83. The minimum atomic E-state index is -0.131. The molecule has 2 amide bonds. The number of nitrogens with zero attached hydrogens (tertiary/aromatic N) is 2. The van der Waals surface area contributed by atoms with Crippen LogP contribution >= 0.6 is 11.3 Å². The zero-order valence-electron chi connectivity index (χ0n) is 17.6. The van der Waals surface area contributed by atoms with Gasteiger partial charge in [0.1, 0.15) is 15.6 Å². The van der Waals surface area contributed by atoms with Gasteiger partial charge in [0.2, 0.25) is 0 Å². The number of aryl methyl sites for hydroxylation is 1. The van der Waals surface area contributed by atoms with E-state index >= 15 is 0 Å². The van der Waals surface area contributed by atoms with E-state index in [-0.39, 0.29) is 11.8 Å². The van der Waals surface area contributed by atoms with Gasteiger partial charge in [0, 0.05) is 31.8 Å². The lowest BCUT2D eigenvalue weighted by Gasteiger charge is -2.16. The van der Waals surface area contributed by atoms with Crippen LogP contribution in [0.1, 0.15) is 38.2 Å². The van der Waals surface area contributed by atoms with Gasteiger partial charge in [0.25, 0.3) is 11.8 Å².